The minimum Gasteiger partial charge on any atom is -0.765 e. The van der Waals surface area contributed by atoms with Gasteiger partial charge in [-0.2, -0.15) is 13.2 Å². The van der Waals surface area contributed by atoms with Gasteiger partial charge in [-0.15, -0.1) is 0 Å². The molecule has 0 aromatic heterocycles. The molecule has 31 heavy (non-hydrogen) atoms. The summed E-state index contributed by atoms with van der Waals surface area (Å²) in [6, 6.07) is 2.81. The maximum Gasteiger partial charge on any atom is 0.430 e. The summed E-state index contributed by atoms with van der Waals surface area (Å²) < 4.78 is 51.1. The molecule has 3 N–H and O–H groups in total. The summed E-state index contributed by atoms with van der Waals surface area (Å²) in [6.45, 7) is 4.41. The Balaban J connectivity index is 2.41. The van der Waals surface area contributed by atoms with Crippen molar-refractivity contribution in [2.45, 2.75) is 44.6 Å². The summed E-state index contributed by atoms with van der Waals surface area (Å²) >= 11 is 6.27. The van der Waals surface area contributed by atoms with Gasteiger partial charge in [0, 0.05) is 10.6 Å². The number of carbonyl (C=O) groups excluding carboxylic acids is 1. The van der Waals surface area contributed by atoms with Gasteiger partial charge in [-0.1, -0.05) is 38.0 Å². The Kier molecular flexibility index (Phi) is 8.27. The second-order valence-electron chi connectivity index (χ2n) is 7.58. The first-order chi connectivity index (χ1) is 14.4. The van der Waals surface area contributed by atoms with Gasteiger partial charge in [-0.05, 0) is 29.2 Å². The van der Waals surface area contributed by atoms with Crippen LogP contribution in [0.1, 0.15) is 31.9 Å². The van der Waals surface area contributed by atoms with Crippen molar-refractivity contribution in [3.05, 3.63) is 39.1 Å². The Hall–Kier alpha value is -1.93. The van der Waals surface area contributed by atoms with Gasteiger partial charge >= 0.3 is 12.1 Å². The summed E-state index contributed by atoms with van der Waals surface area (Å²) in [5.41, 5.74) is 1.84. The molecule has 0 amide bonds. The summed E-state index contributed by atoms with van der Waals surface area (Å²) in [5, 5.41) is 19.0. The first-order valence-corrected chi connectivity index (χ1v) is 9.26. The second-order valence-corrected chi connectivity index (χ2v) is 7.99. The molecule has 1 heterocycles. The molecule has 1 unspecified atom stereocenters. The van der Waals surface area contributed by atoms with Crippen molar-refractivity contribution < 1.29 is 42.3 Å². The van der Waals surface area contributed by atoms with E-state index >= 15 is 0 Å². The molecule has 2 atom stereocenters. The van der Waals surface area contributed by atoms with E-state index in [9.17, 15) is 23.2 Å². The number of hydrogen-bond acceptors (Lipinski definition) is 9. The van der Waals surface area contributed by atoms with Gasteiger partial charge in [0.25, 0.3) is 0 Å². The molecule has 174 valence electrons. The molecule has 0 fully saturated rings. The topological polar surface area (TPSA) is 121 Å². The van der Waals surface area contributed by atoms with Crippen molar-refractivity contribution in [1.29, 1.82) is 0 Å². The van der Waals surface area contributed by atoms with E-state index < -0.39 is 48.6 Å². The number of fused-ring (bicyclic) bond motifs is 1. The summed E-state index contributed by atoms with van der Waals surface area (Å²) in [4.78, 5) is 21.3. The van der Waals surface area contributed by atoms with Crippen molar-refractivity contribution in [3.8, 4) is 5.75 Å². The largest absolute Gasteiger partial charge is 0.765 e. The number of benzene rings is 1. The molecule has 1 aromatic rings. The first-order valence-electron chi connectivity index (χ1n) is 8.88. The molecule has 0 spiro atoms. The van der Waals surface area contributed by atoms with Crippen LogP contribution in [-0.4, -0.2) is 42.8 Å². The lowest BCUT2D eigenvalue weighted by Gasteiger charge is -2.30. The van der Waals surface area contributed by atoms with Crippen molar-refractivity contribution in [2.75, 3.05) is 13.2 Å². The van der Waals surface area contributed by atoms with Crippen LogP contribution in [-0.2, 0) is 24.6 Å². The molecular weight excluding hydrogens is 449 g/mol. The zero-order valence-electron chi connectivity index (χ0n) is 16.7. The predicted molar refractivity (Wildman–Crippen MR) is 102 cm³/mol. The lowest BCUT2D eigenvalue weighted by molar-refractivity contribution is -0.193. The normalized spacial score (nSPS) is 17.5. The number of nitrogens with one attached hydrogen (secondary N) is 2. The third-order valence-electron chi connectivity index (χ3n) is 4.21. The lowest BCUT2D eigenvalue weighted by Crippen LogP contribution is -2.42. The van der Waals surface area contributed by atoms with Gasteiger partial charge in [0.15, 0.2) is 6.10 Å². The van der Waals surface area contributed by atoms with E-state index in [-0.39, 0.29) is 11.3 Å². The van der Waals surface area contributed by atoms with Crippen LogP contribution in [0.3, 0.4) is 0 Å². The highest BCUT2D eigenvalue weighted by atomic mass is 35.5. The quantitative estimate of drug-likeness (QED) is 0.389. The maximum absolute atomic E-state index is 13.7. The Morgan fingerprint density at radius 1 is 1.29 bits per heavy atom. The van der Waals surface area contributed by atoms with E-state index in [2.05, 4.69) is 9.68 Å². The molecule has 1 aromatic carbocycles. The van der Waals surface area contributed by atoms with E-state index in [0.717, 1.165) is 11.7 Å². The fourth-order valence-corrected chi connectivity index (χ4v) is 3.25. The van der Waals surface area contributed by atoms with Crippen LogP contribution in [0.4, 0.5) is 13.2 Å². The van der Waals surface area contributed by atoms with E-state index in [4.69, 9.17) is 26.3 Å². The van der Waals surface area contributed by atoms with Gasteiger partial charge in [0.2, 0.25) is 6.10 Å². The third-order valence-corrected chi connectivity index (χ3v) is 4.53. The van der Waals surface area contributed by atoms with Crippen molar-refractivity contribution in [3.63, 3.8) is 0 Å². The Bertz CT molecular complexity index is 820. The van der Waals surface area contributed by atoms with Crippen LogP contribution < -0.4 is 16.0 Å². The smallest absolute Gasteiger partial charge is 0.430 e. The highest BCUT2D eigenvalue weighted by Gasteiger charge is 2.49. The van der Waals surface area contributed by atoms with E-state index in [1.807, 2.05) is 20.8 Å². The zero-order valence-corrected chi connectivity index (χ0v) is 17.5. The summed E-state index contributed by atoms with van der Waals surface area (Å²) in [6.07, 6.45) is -7.89. The first kappa shape index (κ1) is 25.3. The molecular formula is C18H21ClF3N2O7-. The van der Waals surface area contributed by atoms with Gasteiger partial charge in [0.1, 0.15) is 19.0 Å². The van der Waals surface area contributed by atoms with Crippen molar-refractivity contribution in [2.24, 2.45) is 0 Å². The summed E-state index contributed by atoms with van der Waals surface area (Å²) in [7, 11) is 0. The fourth-order valence-electron chi connectivity index (χ4n) is 2.79. The van der Waals surface area contributed by atoms with Crippen LogP contribution >= 0.6 is 11.6 Å². The van der Waals surface area contributed by atoms with Crippen LogP contribution in [0.15, 0.2) is 17.7 Å². The Labute approximate surface area is 180 Å². The third kappa shape index (κ3) is 6.53. The predicted octanol–water partition coefficient (Wildman–Crippen LogP) is 3.19. The monoisotopic (exact) mass is 469 g/mol. The van der Waals surface area contributed by atoms with Crippen LogP contribution in [0.5, 0.6) is 5.75 Å². The highest BCUT2D eigenvalue weighted by Crippen LogP contribution is 2.42. The molecule has 2 rings (SSSR count). The molecule has 0 saturated heterocycles. The molecule has 0 bridgehead atoms. The SMILES string of the molecule is CC(C)(C)c1cc2c(cc1Cl)C=C(C(=O)OC(CON[O-])CONO)[C@@H](C(F)(F)F)O2. The number of alkyl halides is 3. The van der Waals surface area contributed by atoms with Crippen molar-refractivity contribution >= 4 is 23.6 Å². The highest BCUT2D eigenvalue weighted by molar-refractivity contribution is 6.31. The van der Waals surface area contributed by atoms with Gasteiger partial charge in [-0.3, -0.25) is 15.7 Å². The number of halogens is 4. The average Bonchev–Trinajstić information content (AvgIpc) is 2.66. The van der Waals surface area contributed by atoms with Crippen LogP contribution in [0.25, 0.3) is 6.08 Å². The minimum absolute atomic E-state index is 0.0866. The number of rotatable bonds is 8. The van der Waals surface area contributed by atoms with Crippen molar-refractivity contribution in [1.82, 2.24) is 11.3 Å². The van der Waals surface area contributed by atoms with Gasteiger partial charge in [0.05, 0.1) is 5.57 Å². The molecule has 13 heteroatoms. The maximum atomic E-state index is 13.7. The molecule has 0 aliphatic carbocycles. The molecule has 9 nitrogen and oxygen atoms in total. The second kappa shape index (κ2) is 10.1. The molecule has 1 aliphatic rings. The van der Waals surface area contributed by atoms with Crippen LogP contribution in [0.2, 0.25) is 5.02 Å². The standard InChI is InChI=1S/C18H21ClF3N2O7/c1-17(2,3)12-6-14-9(5-13(12)19)4-11(15(31-14)18(20,21)22)16(25)30-10(7-28-23-26)8-29-24-27/h4-6,10,15,23-24,26H,7-8H2,1-3H3/q-1/t10?,15-/m0/s1. The number of carbonyl (C=O) groups is 1. The van der Waals surface area contributed by atoms with Gasteiger partial charge in [-0.25, -0.2) is 4.79 Å². The number of ether oxygens (including phenoxy) is 2. The van der Waals surface area contributed by atoms with Gasteiger partial charge < -0.3 is 19.5 Å². The van der Waals surface area contributed by atoms with E-state index in [1.165, 1.54) is 17.8 Å². The number of hydrogen-bond donors (Lipinski definition) is 3. The summed E-state index contributed by atoms with van der Waals surface area (Å²) in [5.74, 6) is -1.47. The molecule has 0 saturated carbocycles. The minimum atomic E-state index is -4.93. The molecule has 0 radical (unpaired) electrons. The Morgan fingerprint density at radius 3 is 2.48 bits per heavy atom. The fraction of sp³-hybridized carbons (Fsp3) is 0.500. The lowest BCUT2D eigenvalue weighted by atomic mass is 9.85. The molecule has 1 aliphatic heterocycles. The number of esters is 1. The van der Waals surface area contributed by atoms with Crippen LogP contribution in [0, 0.1) is 5.21 Å². The van der Waals surface area contributed by atoms with E-state index in [1.54, 1.807) is 0 Å². The van der Waals surface area contributed by atoms with E-state index in [0.29, 0.717) is 10.6 Å². The Morgan fingerprint density at radius 2 is 1.94 bits per heavy atom. The zero-order chi connectivity index (χ0) is 23.4. The average molecular weight is 470 g/mol.